The maximum absolute atomic E-state index is 12.8. The summed E-state index contributed by atoms with van der Waals surface area (Å²) in [5.41, 5.74) is 1.81. The van der Waals surface area contributed by atoms with Gasteiger partial charge < -0.3 is 14.8 Å². The van der Waals surface area contributed by atoms with Crippen LogP contribution in [0.2, 0.25) is 0 Å². The van der Waals surface area contributed by atoms with E-state index in [-0.39, 0.29) is 24.3 Å². The van der Waals surface area contributed by atoms with E-state index in [9.17, 15) is 9.59 Å². The molecular formula is C20H26N4O2. The van der Waals surface area contributed by atoms with Gasteiger partial charge in [-0.3, -0.25) is 9.59 Å². The number of likely N-dealkylation sites (tertiary alicyclic amines) is 1. The Bertz CT molecular complexity index is 816. The lowest BCUT2D eigenvalue weighted by Gasteiger charge is -2.30. The number of para-hydroxylation sites is 2. The standard InChI is InChI=1S/C20H26N4O2/c1-14-8-10-23(11-9-14)19(25)13-24-17-5-3-2-4-16(17)22-18(24)12-21-20(26)15-6-7-15/h2-5,14-15H,6-13H2,1H3,(H,21,26). The Hall–Kier alpha value is -2.37. The number of carbonyl (C=O) groups excluding carboxylic acids is 2. The molecule has 0 bridgehead atoms. The summed E-state index contributed by atoms with van der Waals surface area (Å²) in [6, 6.07) is 7.84. The predicted octanol–water partition coefficient (Wildman–Crippen LogP) is 2.32. The van der Waals surface area contributed by atoms with Crippen LogP contribution in [0.1, 0.15) is 38.4 Å². The molecule has 6 nitrogen and oxygen atoms in total. The van der Waals surface area contributed by atoms with E-state index in [4.69, 9.17) is 0 Å². The molecule has 0 spiro atoms. The van der Waals surface area contributed by atoms with Gasteiger partial charge in [0.25, 0.3) is 0 Å². The molecule has 0 unspecified atom stereocenters. The molecule has 138 valence electrons. The molecule has 0 radical (unpaired) electrons. The average Bonchev–Trinajstić information content (AvgIpc) is 3.44. The number of rotatable bonds is 5. The monoisotopic (exact) mass is 354 g/mol. The molecule has 0 atom stereocenters. The number of hydrogen-bond donors (Lipinski definition) is 1. The molecule has 26 heavy (non-hydrogen) atoms. The molecule has 2 aliphatic rings. The maximum Gasteiger partial charge on any atom is 0.242 e. The van der Waals surface area contributed by atoms with Crippen molar-refractivity contribution in [1.29, 1.82) is 0 Å². The zero-order valence-electron chi connectivity index (χ0n) is 15.3. The molecule has 1 aliphatic carbocycles. The topological polar surface area (TPSA) is 67.2 Å². The Balaban J connectivity index is 1.52. The second kappa shape index (κ2) is 7.09. The Labute approximate surface area is 153 Å². The zero-order valence-corrected chi connectivity index (χ0v) is 15.3. The first-order chi connectivity index (χ1) is 12.6. The minimum absolute atomic E-state index is 0.0972. The highest BCUT2D eigenvalue weighted by atomic mass is 16.2. The SMILES string of the molecule is CC1CCN(C(=O)Cn2c(CNC(=O)C3CC3)nc3ccccc32)CC1. The molecule has 1 saturated carbocycles. The van der Waals surface area contributed by atoms with E-state index in [1.54, 1.807) is 0 Å². The van der Waals surface area contributed by atoms with Gasteiger partial charge in [-0.25, -0.2) is 4.98 Å². The van der Waals surface area contributed by atoms with Crippen LogP contribution in [-0.2, 0) is 22.7 Å². The molecule has 2 heterocycles. The number of nitrogens with zero attached hydrogens (tertiary/aromatic N) is 3. The summed E-state index contributed by atoms with van der Waals surface area (Å²) in [6.07, 6.45) is 4.10. The van der Waals surface area contributed by atoms with Crippen molar-refractivity contribution < 1.29 is 9.59 Å². The minimum Gasteiger partial charge on any atom is -0.349 e. The van der Waals surface area contributed by atoms with Gasteiger partial charge in [-0.1, -0.05) is 19.1 Å². The van der Waals surface area contributed by atoms with E-state index in [0.29, 0.717) is 12.5 Å². The first kappa shape index (κ1) is 17.1. The summed E-state index contributed by atoms with van der Waals surface area (Å²) < 4.78 is 1.96. The van der Waals surface area contributed by atoms with Crippen molar-refractivity contribution >= 4 is 22.8 Å². The van der Waals surface area contributed by atoms with Crippen LogP contribution in [0.4, 0.5) is 0 Å². The number of piperidine rings is 1. The summed E-state index contributed by atoms with van der Waals surface area (Å²) in [5.74, 6) is 1.85. The van der Waals surface area contributed by atoms with Crippen molar-refractivity contribution in [3.05, 3.63) is 30.1 Å². The van der Waals surface area contributed by atoms with Crippen LogP contribution in [-0.4, -0.2) is 39.4 Å². The first-order valence-corrected chi connectivity index (χ1v) is 9.61. The number of amides is 2. The lowest BCUT2D eigenvalue weighted by Crippen LogP contribution is -2.40. The van der Waals surface area contributed by atoms with E-state index in [2.05, 4.69) is 17.2 Å². The molecule has 2 aromatic rings. The highest BCUT2D eigenvalue weighted by Gasteiger charge is 2.29. The third-order valence-electron chi connectivity index (χ3n) is 5.53. The number of fused-ring (bicyclic) bond motifs is 1. The largest absolute Gasteiger partial charge is 0.349 e. The van der Waals surface area contributed by atoms with E-state index in [1.165, 1.54) is 0 Å². The predicted molar refractivity (Wildman–Crippen MR) is 99.3 cm³/mol. The molecule has 1 aromatic heterocycles. The Kier molecular flexibility index (Phi) is 4.66. The van der Waals surface area contributed by atoms with Crippen molar-refractivity contribution in [2.75, 3.05) is 13.1 Å². The summed E-state index contributed by atoms with van der Waals surface area (Å²) in [4.78, 5) is 31.4. The highest BCUT2D eigenvalue weighted by molar-refractivity contribution is 5.82. The normalized spacial score (nSPS) is 18.3. The Morgan fingerprint density at radius 2 is 1.88 bits per heavy atom. The summed E-state index contributed by atoms with van der Waals surface area (Å²) in [6.45, 7) is 4.56. The van der Waals surface area contributed by atoms with Crippen LogP contribution in [0.5, 0.6) is 0 Å². The number of aromatic nitrogens is 2. The fraction of sp³-hybridized carbons (Fsp3) is 0.550. The minimum atomic E-state index is 0.0972. The zero-order chi connectivity index (χ0) is 18.1. The highest BCUT2D eigenvalue weighted by Crippen LogP contribution is 2.29. The van der Waals surface area contributed by atoms with Crippen LogP contribution in [0, 0.1) is 11.8 Å². The second-order valence-corrected chi connectivity index (χ2v) is 7.66. The maximum atomic E-state index is 12.8. The van der Waals surface area contributed by atoms with Gasteiger partial charge in [-0.05, 0) is 43.7 Å². The van der Waals surface area contributed by atoms with Crippen molar-refractivity contribution in [2.24, 2.45) is 11.8 Å². The van der Waals surface area contributed by atoms with Gasteiger partial charge in [-0.2, -0.15) is 0 Å². The second-order valence-electron chi connectivity index (χ2n) is 7.66. The third-order valence-corrected chi connectivity index (χ3v) is 5.53. The van der Waals surface area contributed by atoms with E-state index in [1.807, 2.05) is 33.7 Å². The van der Waals surface area contributed by atoms with Crippen LogP contribution in [0.15, 0.2) is 24.3 Å². The van der Waals surface area contributed by atoms with Crippen LogP contribution >= 0.6 is 0 Å². The van der Waals surface area contributed by atoms with E-state index < -0.39 is 0 Å². The van der Waals surface area contributed by atoms with E-state index in [0.717, 1.165) is 55.6 Å². The molecule has 2 amide bonds. The number of carbonyl (C=O) groups is 2. The van der Waals surface area contributed by atoms with Gasteiger partial charge in [0.2, 0.25) is 11.8 Å². The fourth-order valence-corrected chi connectivity index (χ4v) is 3.59. The smallest absolute Gasteiger partial charge is 0.242 e. The molecule has 1 N–H and O–H groups in total. The third kappa shape index (κ3) is 3.59. The molecule has 1 saturated heterocycles. The summed E-state index contributed by atoms with van der Waals surface area (Å²) >= 11 is 0. The van der Waals surface area contributed by atoms with Crippen molar-refractivity contribution in [3.63, 3.8) is 0 Å². The Morgan fingerprint density at radius 1 is 1.15 bits per heavy atom. The average molecular weight is 354 g/mol. The van der Waals surface area contributed by atoms with Crippen molar-refractivity contribution in [2.45, 2.75) is 45.7 Å². The van der Waals surface area contributed by atoms with Gasteiger partial charge in [-0.15, -0.1) is 0 Å². The van der Waals surface area contributed by atoms with Gasteiger partial charge in [0.1, 0.15) is 12.4 Å². The number of hydrogen-bond acceptors (Lipinski definition) is 3. The van der Waals surface area contributed by atoms with Crippen molar-refractivity contribution in [1.82, 2.24) is 19.8 Å². The van der Waals surface area contributed by atoms with Gasteiger partial charge in [0, 0.05) is 19.0 Å². The Morgan fingerprint density at radius 3 is 2.62 bits per heavy atom. The van der Waals surface area contributed by atoms with E-state index >= 15 is 0 Å². The molecular weight excluding hydrogens is 328 g/mol. The lowest BCUT2D eigenvalue weighted by atomic mass is 9.99. The fourth-order valence-electron chi connectivity index (χ4n) is 3.59. The number of imidazole rings is 1. The number of nitrogens with one attached hydrogen (secondary N) is 1. The lowest BCUT2D eigenvalue weighted by molar-refractivity contribution is -0.133. The van der Waals surface area contributed by atoms with Gasteiger partial charge >= 0.3 is 0 Å². The molecule has 2 fully saturated rings. The quantitative estimate of drug-likeness (QED) is 0.896. The first-order valence-electron chi connectivity index (χ1n) is 9.61. The molecule has 4 rings (SSSR count). The summed E-state index contributed by atoms with van der Waals surface area (Å²) in [7, 11) is 0. The van der Waals surface area contributed by atoms with Crippen LogP contribution in [0.25, 0.3) is 11.0 Å². The molecule has 6 heteroatoms. The van der Waals surface area contributed by atoms with Crippen LogP contribution < -0.4 is 5.32 Å². The summed E-state index contributed by atoms with van der Waals surface area (Å²) in [5, 5.41) is 2.97. The molecule has 1 aromatic carbocycles. The van der Waals surface area contributed by atoms with Crippen molar-refractivity contribution in [3.8, 4) is 0 Å². The molecule has 1 aliphatic heterocycles. The van der Waals surface area contributed by atoms with Gasteiger partial charge in [0.15, 0.2) is 0 Å². The van der Waals surface area contributed by atoms with Gasteiger partial charge in [0.05, 0.1) is 17.6 Å². The van der Waals surface area contributed by atoms with Crippen LogP contribution in [0.3, 0.4) is 0 Å². The number of benzene rings is 1.